The van der Waals surface area contributed by atoms with Gasteiger partial charge in [0, 0.05) is 0 Å². The summed E-state index contributed by atoms with van der Waals surface area (Å²) in [6, 6.07) is 0. The Bertz CT molecular complexity index is 277. The first kappa shape index (κ1) is 11.0. The van der Waals surface area contributed by atoms with Crippen molar-refractivity contribution >= 4 is 0 Å². The summed E-state index contributed by atoms with van der Waals surface area (Å²) in [6.45, 7) is 3.33. The molecule has 76 valence electrons. The number of hydrogen-bond donors (Lipinski definition) is 1. The van der Waals surface area contributed by atoms with Crippen LogP contribution >= 0.6 is 0 Å². The molecule has 0 aliphatic carbocycles. The van der Waals surface area contributed by atoms with Crippen molar-refractivity contribution in [3.8, 4) is 12.3 Å². The molecule has 0 atom stereocenters. The van der Waals surface area contributed by atoms with Crippen LogP contribution in [0.5, 0.6) is 0 Å². The highest BCUT2D eigenvalue weighted by Crippen LogP contribution is 2.31. The van der Waals surface area contributed by atoms with E-state index in [2.05, 4.69) is 11.2 Å². The molecule has 0 bridgehead atoms. The number of allylic oxidation sites excluding steroid dienone is 4. The van der Waals surface area contributed by atoms with E-state index in [-0.39, 0.29) is 0 Å². The zero-order valence-electron chi connectivity index (χ0n) is 8.52. The van der Waals surface area contributed by atoms with Crippen LogP contribution in [0.4, 0.5) is 4.39 Å². The highest BCUT2D eigenvalue weighted by atomic mass is 19.1. The third-order valence-corrected chi connectivity index (χ3v) is 2.64. The van der Waals surface area contributed by atoms with Gasteiger partial charge in [-0.2, -0.15) is 0 Å². The smallest absolute Gasteiger partial charge is 0.134 e. The average Bonchev–Trinajstić information content (AvgIpc) is 2.19. The Kier molecular flexibility index (Phi) is 3.91. The van der Waals surface area contributed by atoms with Crippen molar-refractivity contribution in [2.45, 2.75) is 25.4 Å². The number of alkyl halides is 1. The van der Waals surface area contributed by atoms with Crippen molar-refractivity contribution in [3.63, 3.8) is 0 Å². The van der Waals surface area contributed by atoms with E-state index in [9.17, 15) is 4.39 Å². The van der Waals surface area contributed by atoms with Gasteiger partial charge in [-0.25, -0.2) is 4.39 Å². The lowest BCUT2D eigenvalue weighted by Crippen LogP contribution is -2.39. The first-order valence-corrected chi connectivity index (χ1v) is 4.89. The van der Waals surface area contributed by atoms with Gasteiger partial charge in [-0.1, -0.05) is 18.1 Å². The van der Waals surface area contributed by atoms with Crippen molar-refractivity contribution in [2.24, 2.45) is 0 Å². The first-order valence-electron chi connectivity index (χ1n) is 4.89. The molecule has 1 heterocycles. The number of nitrogens with one attached hydrogen (secondary N) is 1. The van der Waals surface area contributed by atoms with Gasteiger partial charge < -0.3 is 5.32 Å². The van der Waals surface area contributed by atoms with Crippen LogP contribution in [0.2, 0.25) is 0 Å². The third-order valence-electron chi connectivity index (χ3n) is 2.64. The van der Waals surface area contributed by atoms with E-state index >= 15 is 0 Å². The van der Waals surface area contributed by atoms with Crippen molar-refractivity contribution < 1.29 is 4.39 Å². The molecule has 1 nitrogen and oxygen atoms in total. The molecule has 1 aliphatic heterocycles. The monoisotopic (exact) mass is 193 g/mol. The van der Waals surface area contributed by atoms with E-state index in [1.165, 1.54) is 0 Å². The molecule has 1 N–H and O–H groups in total. The average molecular weight is 193 g/mol. The van der Waals surface area contributed by atoms with Crippen LogP contribution < -0.4 is 5.32 Å². The largest absolute Gasteiger partial charge is 0.316 e. The molecule has 0 amide bonds. The molecule has 1 saturated heterocycles. The summed E-state index contributed by atoms with van der Waals surface area (Å²) in [7, 11) is 0. The fraction of sp³-hybridized carbons (Fsp3) is 0.500. The van der Waals surface area contributed by atoms with E-state index in [0.717, 1.165) is 18.7 Å². The van der Waals surface area contributed by atoms with Crippen LogP contribution in [-0.2, 0) is 0 Å². The standard InChI is InChI=1S/C12H16FN/c1-3-4-5-6-11(2)12(13)7-9-14-10-8-12/h1,4-6,14H,7-10H2,2H3/b5-4+,11-6+. The zero-order valence-corrected chi connectivity index (χ0v) is 8.52. The van der Waals surface area contributed by atoms with E-state index in [1.54, 1.807) is 18.2 Å². The van der Waals surface area contributed by atoms with E-state index < -0.39 is 5.67 Å². The summed E-state index contributed by atoms with van der Waals surface area (Å²) in [4.78, 5) is 0. The maximum Gasteiger partial charge on any atom is 0.134 e. The summed E-state index contributed by atoms with van der Waals surface area (Å²) >= 11 is 0. The summed E-state index contributed by atoms with van der Waals surface area (Å²) in [5.41, 5.74) is -0.366. The Hall–Kier alpha value is -1.07. The van der Waals surface area contributed by atoms with Crippen LogP contribution in [0.3, 0.4) is 0 Å². The fourth-order valence-corrected chi connectivity index (χ4v) is 1.61. The summed E-state index contributed by atoms with van der Waals surface area (Å²) in [5, 5.41) is 3.14. The molecule has 0 unspecified atom stereocenters. The lowest BCUT2D eigenvalue weighted by molar-refractivity contribution is 0.158. The number of hydrogen-bond acceptors (Lipinski definition) is 1. The van der Waals surface area contributed by atoms with Crippen LogP contribution in [-0.4, -0.2) is 18.8 Å². The lowest BCUT2D eigenvalue weighted by atomic mass is 9.87. The van der Waals surface area contributed by atoms with Crippen molar-refractivity contribution in [3.05, 3.63) is 23.8 Å². The lowest BCUT2D eigenvalue weighted by Gasteiger charge is -2.30. The number of piperidine rings is 1. The predicted molar refractivity (Wildman–Crippen MR) is 57.7 cm³/mol. The van der Waals surface area contributed by atoms with Gasteiger partial charge in [0.05, 0.1) is 0 Å². The molecule has 0 radical (unpaired) electrons. The van der Waals surface area contributed by atoms with Gasteiger partial charge in [0.15, 0.2) is 0 Å². The predicted octanol–water partition coefficient (Wildman–Crippen LogP) is 2.21. The van der Waals surface area contributed by atoms with E-state index in [0.29, 0.717) is 12.8 Å². The molecule has 0 aromatic heterocycles. The van der Waals surface area contributed by atoms with Gasteiger partial charge in [-0.3, -0.25) is 0 Å². The second-order valence-electron chi connectivity index (χ2n) is 3.59. The Morgan fingerprint density at radius 2 is 2.14 bits per heavy atom. The molecule has 0 spiro atoms. The first-order chi connectivity index (χ1) is 6.69. The van der Waals surface area contributed by atoms with Crippen LogP contribution in [0, 0.1) is 12.3 Å². The Labute approximate surface area is 85.1 Å². The Morgan fingerprint density at radius 3 is 2.71 bits per heavy atom. The molecule has 1 rings (SSSR count). The molecule has 1 aliphatic rings. The SMILES string of the molecule is C#C/C=C/C=C(\C)C1(F)CCNCC1. The molecular weight excluding hydrogens is 177 g/mol. The second kappa shape index (κ2) is 4.97. The normalized spacial score (nSPS) is 22.2. The summed E-state index contributed by atoms with van der Waals surface area (Å²) < 4.78 is 14.2. The number of terminal acetylenes is 1. The summed E-state index contributed by atoms with van der Waals surface area (Å²) in [5.74, 6) is 2.38. The van der Waals surface area contributed by atoms with Gasteiger partial charge in [0.1, 0.15) is 5.67 Å². The van der Waals surface area contributed by atoms with Crippen LogP contribution in [0.25, 0.3) is 0 Å². The van der Waals surface area contributed by atoms with Crippen molar-refractivity contribution in [1.82, 2.24) is 5.32 Å². The molecule has 0 saturated carbocycles. The minimum Gasteiger partial charge on any atom is -0.316 e. The van der Waals surface area contributed by atoms with Crippen LogP contribution in [0.15, 0.2) is 23.8 Å². The van der Waals surface area contributed by atoms with E-state index in [4.69, 9.17) is 6.42 Å². The topological polar surface area (TPSA) is 12.0 Å². The van der Waals surface area contributed by atoms with Crippen molar-refractivity contribution in [2.75, 3.05) is 13.1 Å². The van der Waals surface area contributed by atoms with E-state index in [1.807, 2.05) is 6.92 Å². The molecule has 0 aromatic carbocycles. The van der Waals surface area contributed by atoms with Gasteiger partial charge in [-0.05, 0) is 44.5 Å². The number of halogens is 1. The van der Waals surface area contributed by atoms with Crippen molar-refractivity contribution in [1.29, 1.82) is 0 Å². The zero-order chi connectivity index (χ0) is 10.4. The minimum atomic E-state index is -1.13. The fourth-order valence-electron chi connectivity index (χ4n) is 1.61. The van der Waals surface area contributed by atoms with Gasteiger partial charge in [0.2, 0.25) is 0 Å². The molecule has 14 heavy (non-hydrogen) atoms. The molecule has 1 fully saturated rings. The van der Waals surface area contributed by atoms with Gasteiger partial charge in [0.25, 0.3) is 0 Å². The highest BCUT2D eigenvalue weighted by Gasteiger charge is 2.32. The van der Waals surface area contributed by atoms with Gasteiger partial charge in [-0.15, -0.1) is 6.42 Å². The maximum absolute atomic E-state index is 14.2. The third kappa shape index (κ3) is 2.71. The molecule has 2 heteroatoms. The Morgan fingerprint density at radius 1 is 1.50 bits per heavy atom. The van der Waals surface area contributed by atoms with Gasteiger partial charge >= 0.3 is 0 Å². The Balaban J connectivity index is 2.66. The van der Waals surface area contributed by atoms with Crippen LogP contribution in [0.1, 0.15) is 19.8 Å². The summed E-state index contributed by atoms with van der Waals surface area (Å²) in [6.07, 6.45) is 11.2. The molecular formula is C12H16FN. The second-order valence-corrected chi connectivity index (χ2v) is 3.59. The highest BCUT2D eigenvalue weighted by molar-refractivity contribution is 5.24. The maximum atomic E-state index is 14.2. The quantitative estimate of drug-likeness (QED) is 0.523. The number of rotatable bonds is 2. The molecule has 0 aromatic rings. The minimum absolute atomic E-state index is 0.555.